The van der Waals surface area contributed by atoms with Crippen LogP contribution < -0.4 is 9.05 Å². The maximum absolute atomic E-state index is 8.83. The average molecular weight is 264 g/mol. The molecule has 0 fully saturated rings. The van der Waals surface area contributed by atoms with Crippen LogP contribution in [0, 0.1) is 0 Å². The molecular weight excluding hydrogens is 251 g/mol. The minimum absolute atomic E-state index is 0.453. The molecule has 0 aliphatic rings. The van der Waals surface area contributed by atoms with Crippen molar-refractivity contribution >= 4 is 8.60 Å². The monoisotopic (exact) mass is 264 g/mol. The lowest BCUT2D eigenvalue weighted by atomic mass is 10.3. The van der Waals surface area contributed by atoms with Crippen LogP contribution in [0.4, 0.5) is 0 Å². The molecule has 2 aromatic rings. The Balaban J connectivity index is 2.00. The van der Waals surface area contributed by atoms with Crippen LogP contribution in [0.25, 0.3) is 0 Å². The van der Waals surface area contributed by atoms with Crippen molar-refractivity contribution in [2.75, 3.05) is 6.79 Å². The van der Waals surface area contributed by atoms with Crippen molar-refractivity contribution in [2.45, 2.75) is 0 Å². The molecule has 0 saturated heterocycles. The maximum atomic E-state index is 8.83. The van der Waals surface area contributed by atoms with Gasteiger partial charge in [-0.1, -0.05) is 36.4 Å². The van der Waals surface area contributed by atoms with Crippen molar-refractivity contribution in [1.29, 1.82) is 0 Å². The predicted octanol–water partition coefficient (Wildman–Crippen LogP) is 3.34. The van der Waals surface area contributed by atoms with Crippen molar-refractivity contribution in [3.8, 4) is 11.5 Å². The zero-order chi connectivity index (χ0) is 12.6. The van der Waals surface area contributed by atoms with Gasteiger partial charge in [-0.25, -0.2) is 0 Å². The number of aliphatic hydroxyl groups is 1. The van der Waals surface area contributed by atoms with Gasteiger partial charge in [-0.2, -0.15) is 0 Å². The number of hydrogen-bond donors (Lipinski definition) is 1. The van der Waals surface area contributed by atoms with Crippen molar-refractivity contribution in [1.82, 2.24) is 0 Å². The van der Waals surface area contributed by atoms with E-state index in [2.05, 4.69) is 0 Å². The Morgan fingerprint density at radius 1 is 0.778 bits per heavy atom. The Morgan fingerprint density at radius 2 is 1.22 bits per heavy atom. The van der Waals surface area contributed by atoms with Gasteiger partial charge in [-0.05, 0) is 24.3 Å². The fourth-order valence-electron chi connectivity index (χ4n) is 1.25. The molecule has 1 N–H and O–H groups in total. The third-order valence-electron chi connectivity index (χ3n) is 2.01. The summed E-state index contributed by atoms with van der Waals surface area (Å²) in [5.41, 5.74) is 0. The fraction of sp³-hybridized carbons (Fsp3) is 0.0769. The van der Waals surface area contributed by atoms with Gasteiger partial charge < -0.3 is 14.2 Å². The highest BCUT2D eigenvalue weighted by molar-refractivity contribution is 7.42. The highest BCUT2D eigenvalue weighted by Gasteiger charge is 2.16. The Bertz CT molecular complexity index is 408. The Labute approximate surface area is 107 Å². The van der Waals surface area contributed by atoms with Crippen LogP contribution in [-0.4, -0.2) is 11.9 Å². The highest BCUT2D eigenvalue weighted by atomic mass is 31.2. The van der Waals surface area contributed by atoms with E-state index in [4.69, 9.17) is 18.7 Å². The summed E-state index contributed by atoms with van der Waals surface area (Å²) in [6.07, 6.45) is 0. The average Bonchev–Trinajstić information content (AvgIpc) is 2.41. The summed E-state index contributed by atoms with van der Waals surface area (Å²) >= 11 is 0. The summed E-state index contributed by atoms with van der Waals surface area (Å²) < 4.78 is 16.1. The van der Waals surface area contributed by atoms with Crippen LogP contribution in [0.2, 0.25) is 0 Å². The Kier molecular flexibility index (Phi) is 4.97. The second kappa shape index (κ2) is 6.97. The molecule has 0 aliphatic carbocycles. The number of hydrogen-bond acceptors (Lipinski definition) is 4. The molecular formula is C13H13O4P. The molecule has 0 bridgehead atoms. The van der Waals surface area contributed by atoms with E-state index in [0.29, 0.717) is 11.5 Å². The predicted molar refractivity (Wildman–Crippen MR) is 69.2 cm³/mol. The molecule has 0 atom stereocenters. The van der Waals surface area contributed by atoms with E-state index in [9.17, 15) is 0 Å². The zero-order valence-corrected chi connectivity index (χ0v) is 10.5. The van der Waals surface area contributed by atoms with Gasteiger partial charge in [0.2, 0.25) is 0 Å². The lowest BCUT2D eigenvalue weighted by molar-refractivity contribution is 0.0889. The number of para-hydroxylation sites is 2. The van der Waals surface area contributed by atoms with E-state index < -0.39 is 15.4 Å². The summed E-state index contributed by atoms with van der Waals surface area (Å²) in [6, 6.07) is 18.4. The van der Waals surface area contributed by atoms with E-state index in [0.717, 1.165) is 0 Å². The first-order valence-corrected chi connectivity index (χ1v) is 6.48. The molecule has 0 saturated carbocycles. The number of rotatable bonds is 6. The molecule has 2 aromatic carbocycles. The van der Waals surface area contributed by atoms with Gasteiger partial charge in [0.1, 0.15) is 11.5 Å². The first kappa shape index (κ1) is 12.8. The summed E-state index contributed by atoms with van der Waals surface area (Å²) in [7, 11) is -1.66. The second-order valence-electron chi connectivity index (χ2n) is 3.29. The molecule has 0 unspecified atom stereocenters. The van der Waals surface area contributed by atoms with Crippen molar-refractivity contribution in [3.05, 3.63) is 60.7 Å². The zero-order valence-electron chi connectivity index (χ0n) is 9.60. The van der Waals surface area contributed by atoms with E-state index >= 15 is 0 Å². The van der Waals surface area contributed by atoms with E-state index in [1.165, 1.54) is 0 Å². The Morgan fingerprint density at radius 3 is 1.61 bits per heavy atom. The van der Waals surface area contributed by atoms with E-state index in [1.807, 2.05) is 36.4 Å². The summed E-state index contributed by atoms with van der Waals surface area (Å²) in [6.45, 7) is -0.453. The van der Waals surface area contributed by atoms with Crippen molar-refractivity contribution in [2.24, 2.45) is 0 Å². The number of benzene rings is 2. The molecule has 18 heavy (non-hydrogen) atoms. The van der Waals surface area contributed by atoms with Gasteiger partial charge in [-0.3, -0.25) is 4.52 Å². The number of aliphatic hydroxyl groups excluding tert-OH is 1. The molecule has 0 spiro atoms. The van der Waals surface area contributed by atoms with Gasteiger partial charge in [-0.15, -0.1) is 0 Å². The highest BCUT2D eigenvalue weighted by Crippen LogP contribution is 2.40. The minimum Gasteiger partial charge on any atom is -0.418 e. The molecule has 94 valence electrons. The topological polar surface area (TPSA) is 47.9 Å². The van der Waals surface area contributed by atoms with E-state index in [1.54, 1.807) is 24.3 Å². The molecule has 4 nitrogen and oxygen atoms in total. The lowest BCUT2D eigenvalue weighted by Crippen LogP contribution is -2.00. The largest absolute Gasteiger partial charge is 0.465 e. The SMILES string of the molecule is OCOP(Oc1ccccc1)Oc1ccccc1. The first-order chi connectivity index (χ1) is 8.88. The van der Waals surface area contributed by atoms with E-state index in [-0.39, 0.29) is 0 Å². The van der Waals surface area contributed by atoms with Gasteiger partial charge in [0.15, 0.2) is 6.79 Å². The van der Waals surface area contributed by atoms with Crippen LogP contribution in [0.3, 0.4) is 0 Å². The van der Waals surface area contributed by atoms with Crippen LogP contribution >= 0.6 is 8.60 Å². The molecule has 0 amide bonds. The molecule has 0 radical (unpaired) electrons. The smallest absolute Gasteiger partial charge is 0.418 e. The third-order valence-corrected chi connectivity index (χ3v) is 3.06. The standard InChI is InChI=1S/C13H13O4P/c14-11-15-18(16-12-7-3-1-4-8-12)17-13-9-5-2-6-10-13/h1-10,14H,11H2. The van der Waals surface area contributed by atoms with Crippen molar-refractivity contribution < 1.29 is 18.7 Å². The Hall–Kier alpha value is -1.61. The van der Waals surface area contributed by atoms with Crippen LogP contribution in [-0.2, 0) is 4.52 Å². The van der Waals surface area contributed by atoms with Gasteiger partial charge in [0, 0.05) is 0 Å². The summed E-state index contributed by atoms with van der Waals surface area (Å²) in [5.74, 6) is 1.26. The van der Waals surface area contributed by atoms with Gasteiger partial charge in [0.05, 0.1) is 0 Å². The molecule has 0 aliphatic heterocycles. The van der Waals surface area contributed by atoms with Crippen molar-refractivity contribution in [3.63, 3.8) is 0 Å². The fourth-order valence-corrected chi connectivity index (χ4v) is 2.08. The maximum Gasteiger partial charge on any atom is 0.465 e. The minimum atomic E-state index is -1.66. The van der Waals surface area contributed by atoms with Crippen LogP contribution in [0.5, 0.6) is 11.5 Å². The second-order valence-corrected chi connectivity index (χ2v) is 4.36. The first-order valence-electron chi connectivity index (χ1n) is 5.38. The van der Waals surface area contributed by atoms with Crippen LogP contribution in [0.1, 0.15) is 0 Å². The third kappa shape index (κ3) is 4.00. The normalized spacial score (nSPS) is 10.3. The molecule has 5 heteroatoms. The van der Waals surface area contributed by atoms with Crippen LogP contribution in [0.15, 0.2) is 60.7 Å². The quantitative estimate of drug-likeness (QED) is 0.642. The van der Waals surface area contributed by atoms with Gasteiger partial charge in [0.25, 0.3) is 0 Å². The summed E-state index contributed by atoms with van der Waals surface area (Å²) in [5, 5.41) is 8.83. The van der Waals surface area contributed by atoms with Gasteiger partial charge >= 0.3 is 8.60 Å². The summed E-state index contributed by atoms with van der Waals surface area (Å²) in [4.78, 5) is 0. The molecule has 0 heterocycles. The molecule has 2 rings (SSSR count). The lowest BCUT2D eigenvalue weighted by Gasteiger charge is -2.16. The molecule has 0 aromatic heterocycles.